The third-order valence-electron chi connectivity index (χ3n) is 24.8. The summed E-state index contributed by atoms with van der Waals surface area (Å²) >= 11 is 0. The number of amides is 2. The second kappa shape index (κ2) is 40.1. The maximum absolute atomic E-state index is 12.6. The van der Waals surface area contributed by atoms with Gasteiger partial charge in [0.25, 0.3) is 5.91 Å². The van der Waals surface area contributed by atoms with E-state index < -0.39 is 0 Å². The molecule has 0 radical (unpaired) electrons. The summed E-state index contributed by atoms with van der Waals surface area (Å²) in [6.07, 6.45) is 43.1. The van der Waals surface area contributed by atoms with Gasteiger partial charge in [-0.2, -0.15) is 20.4 Å². The van der Waals surface area contributed by atoms with Crippen LogP contribution in [-0.2, 0) is 17.8 Å². The van der Waals surface area contributed by atoms with Crippen molar-refractivity contribution < 1.29 is 9.59 Å². The van der Waals surface area contributed by atoms with E-state index in [0.29, 0.717) is 64.1 Å². The molecule has 6 aromatic carbocycles. The van der Waals surface area contributed by atoms with E-state index in [9.17, 15) is 9.59 Å². The van der Waals surface area contributed by atoms with E-state index in [1.165, 1.54) is 5.56 Å². The number of hydrogen-bond acceptors (Lipinski definition) is 24. The maximum Gasteiger partial charge on any atom is 0.255 e. The maximum atomic E-state index is 12.6. The van der Waals surface area contributed by atoms with Gasteiger partial charge in [0.15, 0.2) is 23.3 Å². The van der Waals surface area contributed by atoms with Crippen LogP contribution in [0.5, 0.6) is 0 Å². The molecule has 0 atom stereocenters. The number of imidazole rings is 4. The topological polar surface area (TPSA) is 458 Å². The van der Waals surface area contributed by atoms with Gasteiger partial charge in [0.1, 0.15) is 22.8 Å². The Kier molecular flexibility index (Phi) is 24.6. The number of fused-ring (bicyclic) bond motifs is 8. The number of aromatic amines is 8. The molecular formula is C113H86N32O2. The molecule has 2 amide bonds. The van der Waals surface area contributed by atoms with E-state index in [1.54, 1.807) is 117 Å². The van der Waals surface area contributed by atoms with Crippen LogP contribution in [0, 0.1) is 0 Å². The van der Waals surface area contributed by atoms with E-state index >= 15 is 0 Å². The smallest absolute Gasteiger partial charge is 0.255 e. The number of carbonyl (C=O) groups excluding carboxylic acids is 2. The predicted octanol–water partition coefficient (Wildman–Crippen LogP) is 21.8. The second-order valence-corrected chi connectivity index (χ2v) is 35.5. The third kappa shape index (κ3) is 19.3. The normalized spacial score (nSPS) is 11.4. The summed E-state index contributed by atoms with van der Waals surface area (Å²) in [5.74, 6) is 2.38. The standard InChI is InChI=1S/C31H22N8O.C30H20N8O.2C26H22N8/c40-28(12-19-4-2-1-3-5-19)35-23-13-22(15-33-16-23)21-6-7-26-24(14-21)30(39-38-26)31-36-27-18-34-17-25(29(27)37-31)20-8-10-32-11-9-20;39-30(19-4-2-1-3-5-19)34-22-12-21(14-32-15-22)20-6-7-25-23(13-20)28(38-37-25)29-35-26-17-33-16-24(27(26)36-29)18-8-10-31-11-9-18;1-34(2)15-16-9-19(12-28-11-16)18-3-4-22-20(10-18)25(33-32-22)26-30-23-14-29-13-21(24(23)31-26)17-5-7-27-8-6-17;1-15(2)30-19-9-18(11-28-12-19)17-3-4-22-20(10-17)25(34-33-22)26-31-23-14-29-13-21(24(23)32-26)16-5-7-27-8-6-16/h1-11,13-18H,12H2,(H,35,40)(H,36,37)(H,38,39);1-17H,(H,34,39)(H,35,36)(H,37,38);3-14H,15H2,1-2H3,(H,30,31)(H,32,33);3-15,30H,1-2H3,(H,31,32)(H,33,34). The summed E-state index contributed by atoms with van der Waals surface area (Å²) in [7, 11) is 4.11. The Hall–Kier alpha value is -20.4. The van der Waals surface area contributed by atoms with Crippen molar-refractivity contribution in [3.05, 3.63) is 372 Å². The molecule has 147 heavy (non-hydrogen) atoms. The number of anilines is 3. The number of H-pyrrole nitrogens is 8. The van der Waals surface area contributed by atoms with Crippen molar-refractivity contribution in [1.29, 1.82) is 0 Å². The second-order valence-electron chi connectivity index (χ2n) is 35.5. The molecule has 20 aromatic heterocycles. The highest BCUT2D eigenvalue weighted by molar-refractivity contribution is 6.06. The van der Waals surface area contributed by atoms with Gasteiger partial charge < -0.3 is 40.8 Å². The first-order valence-corrected chi connectivity index (χ1v) is 47.1. The molecule has 0 aliphatic heterocycles. The van der Waals surface area contributed by atoms with Crippen LogP contribution >= 0.6 is 0 Å². The molecule has 0 bridgehead atoms. The van der Waals surface area contributed by atoms with Crippen LogP contribution in [0.4, 0.5) is 17.1 Å². The Morgan fingerprint density at radius 3 is 0.946 bits per heavy atom. The molecule has 34 heteroatoms. The van der Waals surface area contributed by atoms with Crippen molar-refractivity contribution in [1.82, 2.24) is 145 Å². The fourth-order valence-electron chi connectivity index (χ4n) is 17.9. The van der Waals surface area contributed by atoms with Gasteiger partial charge in [0.05, 0.1) is 127 Å². The van der Waals surface area contributed by atoms with Gasteiger partial charge in [0.2, 0.25) is 5.91 Å². The summed E-state index contributed by atoms with van der Waals surface area (Å²) in [6.45, 7) is 5.06. The highest BCUT2D eigenvalue weighted by Gasteiger charge is 2.24. The highest BCUT2D eigenvalue weighted by Crippen LogP contribution is 2.41. The van der Waals surface area contributed by atoms with Crippen LogP contribution in [-0.4, -0.2) is 177 Å². The molecule has 26 rings (SSSR count). The zero-order chi connectivity index (χ0) is 99.2. The van der Waals surface area contributed by atoms with Gasteiger partial charge in [-0.15, -0.1) is 0 Å². The monoisotopic (exact) mass is 1920 g/mol. The van der Waals surface area contributed by atoms with E-state index in [0.717, 1.165) is 206 Å². The minimum Gasteiger partial charge on any atom is -0.382 e. The molecule has 34 nitrogen and oxygen atoms in total. The van der Waals surface area contributed by atoms with Crippen LogP contribution in [0.15, 0.2) is 355 Å². The first-order valence-electron chi connectivity index (χ1n) is 47.1. The zero-order valence-electron chi connectivity index (χ0n) is 79.2. The molecule has 0 aliphatic carbocycles. The largest absolute Gasteiger partial charge is 0.382 e. The summed E-state index contributed by atoms with van der Waals surface area (Å²) in [5, 5.41) is 43.9. The lowest BCUT2D eigenvalue weighted by atomic mass is 10.0. The number of nitrogens with one attached hydrogen (secondary N) is 11. The van der Waals surface area contributed by atoms with Gasteiger partial charge >= 0.3 is 0 Å². The molecule has 0 saturated carbocycles. The molecule has 0 saturated heterocycles. The molecular weight excluding hydrogens is 1840 g/mol. The number of rotatable bonds is 21. The molecule has 0 fully saturated rings. The van der Waals surface area contributed by atoms with Crippen LogP contribution in [0.25, 0.3) is 223 Å². The quantitative estimate of drug-likeness (QED) is 0.0318. The van der Waals surface area contributed by atoms with Gasteiger partial charge in [-0.3, -0.25) is 89.8 Å². The molecule has 26 aromatic rings. The first kappa shape index (κ1) is 90.4. The van der Waals surface area contributed by atoms with Crippen LogP contribution in [0.1, 0.15) is 35.3 Å². The number of aromatic nitrogens is 28. The molecule has 20 heterocycles. The highest BCUT2D eigenvalue weighted by atomic mass is 16.2. The fourth-order valence-corrected chi connectivity index (χ4v) is 17.9. The van der Waals surface area contributed by atoms with Crippen molar-refractivity contribution in [3.63, 3.8) is 0 Å². The summed E-state index contributed by atoms with van der Waals surface area (Å²) in [4.78, 5) is 112. The summed E-state index contributed by atoms with van der Waals surface area (Å²) in [6, 6.07) is 67.3. The minimum absolute atomic E-state index is 0.0942. The lowest BCUT2D eigenvalue weighted by Crippen LogP contribution is -2.14. The number of carbonyl (C=O) groups is 2. The molecule has 0 spiro atoms. The van der Waals surface area contributed by atoms with E-state index in [4.69, 9.17) is 19.9 Å². The predicted molar refractivity (Wildman–Crippen MR) is 571 cm³/mol. The lowest BCUT2D eigenvalue weighted by Gasteiger charge is -2.11. The van der Waals surface area contributed by atoms with Crippen LogP contribution < -0.4 is 16.0 Å². The molecule has 0 aliphatic rings. The molecule has 710 valence electrons. The van der Waals surface area contributed by atoms with Gasteiger partial charge in [-0.05, 0) is 217 Å². The van der Waals surface area contributed by atoms with Gasteiger partial charge in [-0.1, -0.05) is 72.8 Å². The number of benzene rings is 6. The van der Waals surface area contributed by atoms with E-state index in [1.807, 2.05) is 195 Å². The van der Waals surface area contributed by atoms with Crippen LogP contribution in [0.2, 0.25) is 0 Å². The Morgan fingerprint density at radius 2 is 0.599 bits per heavy atom. The van der Waals surface area contributed by atoms with Crippen molar-refractivity contribution in [3.8, 4) is 135 Å². The number of hydrogen-bond donors (Lipinski definition) is 11. The minimum atomic E-state index is -0.187. The van der Waals surface area contributed by atoms with E-state index in [2.05, 4.69) is 212 Å². The number of nitrogens with zero attached hydrogens (tertiary/aromatic N) is 21. The third-order valence-corrected chi connectivity index (χ3v) is 24.8. The number of pyridine rings is 12. The Morgan fingerprint density at radius 1 is 0.286 bits per heavy atom. The zero-order valence-corrected chi connectivity index (χ0v) is 79.2. The average molecular weight is 1920 g/mol. The average Bonchev–Trinajstić information content (AvgIpc) is 1.63. The first-order chi connectivity index (χ1) is 72.2. The van der Waals surface area contributed by atoms with Crippen molar-refractivity contribution >= 4 is 117 Å². The van der Waals surface area contributed by atoms with Gasteiger partial charge in [-0.25, -0.2) is 19.9 Å². The SMILES string of the molecule is CC(C)Nc1cncc(-c2ccc3[nH]nc(-c4nc5c(-c6ccncc6)cncc5[nH]4)c3c2)c1.CN(C)Cc1cncc(-c2ccc3[nH]nc(-c4nc5c(-c6ccncc6)cncc5[nH]4)c3c2)c1.O=C(Cc1ccccc1)Nc1cncc(-c2ccc3[nH]nc(-c4nc5c(-c6ccncc6)cncc5[nH]4)c3c2)c1.O=C(Nc1cncc(-c2ccc3[nH]nc(-c4nc5c(-c6ccncc6)cncc5[nH]4)c3c2)c1)c1ccccc1. The van der Waals surface area contributed by atoms with Crippen molar-refractivity contribution in [2.75, 3.05) is 30.0 Å². The molecule has 0 unspecified atom stereocenters. The molecule has 11 N–H and O–H groups in total. The van der Waals surface area contributed by atoms with Crippen molar-refractivity contribution in [2.24, 2.45) is 0 Å². The Labute approximate surface area is 836 Å². The van der Waals surface area contributed by atoms with E-state index in [-0.39, 0.29) is 11.8 Å². The Balaban J connectivity index is 0.000000108. The lowest BCUT2D eigenvalue weighted by molar-refractivity contribution is -0.115. The van der Waals surface area contributed by atoms with Crippen LogP contribution in [0.3, 0.4) is 0 Å². The fraction of sp³-hybridized carbons (Fsp3) is 0.0619. The Bertz CT molecular complexity index is 9060. The summed E-state index contributed by atoms with van der Waals surface area (Å²) in [5.41, 5.74) is 33.8. The van der Waals surface area contributed by atoms with Crippen molar-refractivity contribution in [2.45, 2.75) is 32.9 Å². The van der Waals surface area contributed by atoms with Gasteiger partial charge in [0, 0.05) is 196 Å². The summed E-state index contributed by atoms with van der Waals surface area (Å²) < 4.78 is 0.